The summed E-state index contributed by atoms with van der Waals surface area (Å²) in [5.74, 6) is -1.26. The van der Waals surface area contributed by atoms with Crippen LogP contribution in [-0.2, 0) is 9.59 Å². The molecule has 0 unspecified atom stereocenters. The van der Waals surface area contributed by atoms with Gasteiger partial charge < -0.3 is 15.4 Å². The van der Waals surface area contributed by atoms with Gasteiger partial charge in [0.2, 0.25) is 0 Å². The molecule has 0 bridgehead atoms. The molecule has 0 spiro atoms. The topological polar surface area (TPSA) is 91.2 Å². The van der Waals surface area contributed by atoms with Crippen molar-refractivity contribution in [1.29, 1.82) is 5.26 Å². The minimum absolute atomic E-state index is 0.279. The standard InChI is InChI=1S/C17H15N3O3/c1-11-7-8-15(23-2)14(9-11)20-17(22)16(21)19-13-6-4-3-5-12(13)10-18/h3-9H,1-2H3,(H,19,21)(H,20,22). The maximum atomic E-state index is 12.0. The Morgan fingerprint density at radius 3 is 2.35 bits per heavy atom. The number of para-hydroxylation sites is 1. The lowest BCUT2D eigenvalue weighted by Crippen LogP contribution is -2.29. The summed E-state index contributed by atoms with van der Waals surface area (Å²) in [6, 6.07) is 13.6. The van der Waals surface area contributed by atoms with Gasteiger partial charge in [-0.15, -0.1) is 0 Å². The van der Waals surface area contributed by atoms with Crippen LogP contribution in [-0.4, -0.2) is 18.9 Å². The molecule has 0 saturated carbocycles. The second-order valence-electron chi connectivity index (χ2n) is 4.77. The summed E-state index contributed by atoms with van der Waals surface area (Å²) in [4.78, 5) is 24.0. The predicted molar refractivity (Wildman–Crippen MR) is 86.1 cm³/mol. The minimum atomic E-state index is -0.865. The predicted octanol–water partition coefficient (Wildman–Crippen LogP) is 2.45. The molecule has 0 saturated heterocycles. The molecule has 2 amide bonds. The lowest BCUT2D eigenvalue weighted by atomic mass is 10.2. The number of rotatable bonds is 3. The monoisotopic (exact) mass is 309 g/mol. The molecular weight excluding hydrogens is 294 g/mol. The summed E-state index contributed by atoms with van der Waals surface area (Å²) in [5, 5.41) is 13.9. The van der Waals surface area contributed by atoms with E-state index in [2.05, 4.69) is 10.6 Å². The fourth-order valence-electron chi connectivity index (χ4n) is 1.97. The van der Waals surface area contributed by atoms with Gasteiger partial charge in [0.25, 0.3) is 0 Å². The molecule has 116 valence electrons. The fourth-order valence-corrected chi connectivity index (χ4v) is 1.97. The van der Waals surface area contributed by atoms with Crippen molar-refractivity contribution in [3.8, 4) is 11.8 Å². The molecule has 0 heterocycles. The quantitative estimate of drug-likeness (QED) is 0.852. The number of nitriles is 1. The van der Waals surface area contributed by atoms with Crippen LogP contribution in [0.4, 0.5) is 11.4 Å². The molecule has 6 heteroatoms. The molecule has 0 aliphatic rings. The van der Waals surface area contributed by atoms with Gasteiger partial charge in [0.05, 0.1) is 24.0 Å². The van der Waals surface area contributed by atoms with Gasteiger partial charge in [-0.2, -0.15) is 5.26 Å². The third kappa shape index (κ3) is 3.86. The van der Waals surface area contributed by atoms with Crippen LogP contribution < -0.4 is 15.4 Å². The van der Waals surface area contributed by atoms with Crippen molar-refractivity contribution >= 4 is 23.2 Å². The molecule has 0 fully saturated rings. The highest BCUT2D eigenvalue weighted by molar-refractivity contribution is 6.43. The van der Waals surface area contributed by atoms with E-state index in [0.29, 0.717) is 11.4 Å². The van der Waals surface area contributed by atoms with Crippen LogP contribution in [0, 0.1) is 18.3 Å². The average molecular weight is 309 g/mol. The number of carbonyl (C=O) groups is 2. The van der Waals surface area contributed by atoms with Crippen molar-refractivity contribution < 1.29 is 14.3 Å². The smallest absolute Gasteiger partial charge is 0.314 e. The van der Waals surface area contributed by atoms with Crippen molar-refractivity contribution in [1.82, 2.24) is 0 Å². The van der Waals surface area contributed by atoms with Crippen LogP contribution in [0.3, 0.4) is 0 Å². The van der Waals surface area contributed by atoms with Crippen LogP contribution in [0.15, 0.2) is 42.5 Å². The normalized spacial score (nSPS) is 9.61. The fraction of sp³-hybridized carbons (Fsp3) is 0.118. The summed E-state index contributed by atoms with van der Waals surface area (Å²) in [6.45, 7) is 1.86. The number of ether oxygens (including phenoxy) is 1. The van der Waals surface area contributed by atoms with E-state index in [1.54, 1.807) is 36.4 Å². The van der Waals surface area contributed by atoms with Gasteiger partial charge in [0.15, 0.2) is 0 Å². The average Bonchev–Trinajstić information content (AvgIpc) is 2.55. The molecule has 6 nitrogen and oxygen atoms in total. The molecule has 23 heavy (non-hydrogen) atoms. The lowest BCUT2D eigenvalue weighted by molar-refractivity contribution is -0.133. The van der Waals surface area contributed by atoms with Crippen LogP contribution in [0.25, 0.3) is 0 Å². The number of hydrogen-bond acceptors (Lipinski definition) is 4. The SMILES string of the molecule is COc1ccc(C)cc1NC(=O)C(=O)Nc1ccccc1C#N. The lowest BCUT2D eigenvalue weighted by Gasteiger charge is -2.11. The maximum Gasteiger partial charge on any atom is 0.314 e. The molecular formula is C17H15N3O3. The summed E-state index contributed by atoms with van der Waals surface area (Å²) in [6.07, 6.45) is 0. The molecule has 0 aliphatic heterocycles. The Morgan fingerprint density at radius 2 is 1.70 bits per heavy atom. The Hall–Kier alpha value is -3.33. The van der Waals surface area contributed by atoms with Gasteiger partial charge in [0.1, 0.15) is 11.8 Å². The molecule has 0 atom stereocenters. The molecule has 2 N–H and O–H groups in total. The molecule has 0 aliphatic carbocycles. The highest BCUT2D eigenvalue weighted by atomic mass is 16.5. The van der Waals surface area contributed by atoms with Crippen LogP contribution >= 0.6 is 0 Å². The highest BCUT2D eigenvalue weighted by Crippen LogP contribution is 2.25. The number of anilines is 2. The van der Waals surface area contributed by atoms with E-state index >= 15 is 0 Å². The third-order valence-electron chi connectivity index (χ3n) is 3.11. The van der Waals surface area contributed by atoms with Crippen molar-refractivity contribution in [2.45, 2.75) is 6.92 Å². The van der Waals surface area contributed by atoms with Gasteiger partial charge >= 0.3 is 11.8 Å². The Morgan fingerprint density at radius 1 is 1.04 bits per heavy atom. The highest BCUT2D eigenvalue weighted by Gasteiger charge is 2.17. The third-order valence-corrected chi connectivity index (χ3v) is 3.11. The van der Waals surface area contributed by atoms with Gasteiger partial charge in [0, 0.05) is 0 Å². The first-order valence-electron chi connectivity index (χ1n) is 6.81. The van der Waals surface area contributed by atoms with E-state index in [1.165, 1.54) is 7.11 Å². The van der Waals surface area contributed by atoms with Gasteiger partial charge in [-0.25, -0.2) is 0 Å². The number of aryl methyl sites for hydroxylation is 1. The van der Waals surface area contributed by atoms with Gasteiger partial charge in [-0.1, -0.05) is 18.2 Å². The Kier molecular flexibility index (Phi) is 4.95. The number of hydrogen-bond donors (Lipinski definition) is 2. The zero-order valence-corrected chi connectivity index (χ0v) is 12.7. The molecule has 0 radical (unpaired) electrons. The number of nitrogens with one attached hydrogen (secondary N) is 2. The Balaban J connectivity index is 2.14. The van der Waals surface area contributed by atoms with E-state index in [1.807, 2.05) is 19.1 Å². The number of amides is 2. The summed E-state index contributed by atoms with van der Waals surface area (Å²) in [5.41, 5.74) is 1.88. The summed E-state index contributed by atoms with van der Waals surface area (Å²) in [7, 11) is 1.48. The van der Waals surface area contributed by atoms with Crippen LogP contribution in [0.2, 0.25) is 0 Å². The van der Waals surface area contributed by atoms with Crippen molar-refractivity contribution in [2.75, 3.05) is 17.7 Å². The van der Waals surface area contributed by atoms with Crippen molar-refractivity contribution in [3.05, 3.63) is 53.6 Å². The molecule has 0 aromatic heterocycles. The molecule has 2 aromatic rings. The van der Waals surface area contributed by atoms with E-state index < -0.39 is 11.8 Å². The van der Waals surface area contributed by atoms with Gasteiger partial charge in [-0.05, 0) is 36.8 Å². The number of nitrogens with zero attached hydrogens (tertiary/aromatic N) is 1. The summed E-state index contributed by atoms with van der Waals surface area (Å²) < 4.78 is 5.15. The number of benzene rings is 2. The first-order valence-corrected chi connectivity index (χ1v) is 6.81. The summed E-state index contributed by atoms with van der Waals surface area (Å²) >= 11 is 0. The number of methoxy groups -OCH3 is 1. The second kappa shape index (κ2) is 7.09. The minimum Gasteiger partial charge on any atom is -0.495 e. The van der Waals surface area contributed by atoms with Crippen molar-refractivity contribution in [2.24, 2.45) is 0 Å². The van der Waals surface area contributed by atoms with Crippen LogP contribution in [0.1, 0.15) is 11.1 Å². The van der Waals surface area contributed by atoms with Gasteiger partial charge in [-0.3, -0.25) is 9.59 Å². The van der Waals surface area contributed by atoms with Crippen LogP contribution in [0.5, 0.6) is 5.75 Å². The first-order chi connectivity index (χ1) is 11.0. The molecule has 2 aromatic carbocycles. The van der Waals surface area contributed by atoms with E-state index in [9.17, 15) is 9.59 Å². The Labute approximate surface area is 133 Å². The number of carbonyl (C=O) groups excluding carboxylic acids is 2. The molecule has 2 rings (SSSR count). The maximum absolute atomic E-state index is 12.0. The Bertz CT molecular complexity index is 794. The van der Waals surface area contributed by atoms with E-state index in [-0.39, 0.29) is 11.3 Å². The van der Waals surface area contributed by atoms with E-state index in [0.717, 1.165) is 5.56 Å². The van der Waals surface area contributed by atoms with Crippen molar-refractivity contribution in [3.63, 3.8) is 0 Å². The largest absolute Gasteiger partial charge is 0.495 e. The van der Waals surface area contributed by atoms with E-state index in [4.69, 9.17) is 10.00 Å². The first kappa shape index (κ1) is 16.0. The zero-order valence-electron chi connectivity index (χ0n) is 12.7. The second-order valence-corrected chi connectivity index (χ2v) is 4.77. The zero-order chi connectivity index (χ0) is 16.8.